The maximum atomic E-state index is 15.0. The van der Waals surface area contributed by atoms with Crippen molar-refractivity contribution in [3.8, 4) is 17.2 Å². The first-order valence-corrected chi connectivity index (χ1v) is 16.0. The monoisotopic (exact) mass is 547 g/mol. The first kappa shape index (κ1) is 31.9. The van der Waals surface area contributed by atoms with E-state index in [1.54, 1.807) is 6.07 Å². The predicted molar refractivity (Wildman–Crippen MR) is 163 cm³/mol. The third-order valence-corrected chi connectivity index (χ3v) is 8.70. The van der Waals surface area contributed by atoms with Crippen LogP contribution in [0.2, 0.25) is 0 Å². The van der Waals surface area contributed by atoms with Crippen LogP contribution in [0.5, 0.6) is 0 Å². The number of carbonyl (C=O) groups excluding carboxylic acids is 1. The first-order valence-electron chi connectivity index (χ1n) is 16.0. The summed E-state index contributed by atoms with van der Waals surface area (Å²) in [4.78, 5) is 12.8. The molecule has 0 spiro atoms. The lowest BCUT2D eigenvalue weighted by Gasteiger charge is -2.34. The second-order valence-electron chi connectivity index (χ2n) is 11.9. The lowest BCUT2D eigenvalue weighted by Crippen LogP contribution is -2.31. The van der Waals surface area contributed by atoms with Crippen LogP contribution in [0.15, 0.2) is 42.5 Å². The number of nitriles is 1. The molecule has 0 aromatic heterocycles. The van der Waals surface area contributed by atoms with Gasteiger partial charge in [0.15, 0.2) is 0 Å². The lowest BCUT2D eigenvalue weighted by atomic mass is 9.71. The van der Waals surface area contributed by atoms with E-state index in [9.17, 15) is 14.4 Å². The Labute approximate surface area is 242 Å². The van der Waals surface area contributed by atoms with Crippen molar-refractivity contribution in [2.75, 3.05) is 0 Å². The summed E-state index contributed by atoms with van der Waals surface area (Å²) in [6, 6.07) is 15.7. The van der Waals surface area contributed by atoms with Crippen LogP contribution in [-0.4, -0.2) is 12.1 Å². The molecule has 0 unspecified atom stereocenters. The summed E-state index contributed by atoms with van der Waals surface area (Å²) in [5.74, 6) is -1.16. The number of ether oxygens (including phenoxy) is 1. The van der Waals surface area contributed by atoms with Crippen LogP contribution in [0.1, 0.15) is 139 Å². The van der Waals surface area contributed by atoms with E-state index in [4.69, 9.17) is 4.74 Å². The second-order valence-corrected chi connectivity index (χ2v) is 11.9. The van der Waals surface area contributed by atoms with Gasteiger partial charge in [0.2, 0.25) is 0 Å². The maximum absolute atomic E-state index is 15.0. The lowest BCUT2D eigenvalue weighted by molar-refractivity contribution is 0.0100. The molecule has 0 heterocycles. The number of esters is 1. The Hall–Kier alpha value is -2.67. The van der Waals surface area contributed by atoms with E-state index in [-0.39, 0.29) is 17.1 Å². The normalized spacial score (nSPS) is 18.8. The molecule has 4 heteroatoms. The SMILES string of the molecule is CCCCCCCCCc1ccc(-c2ccc(C(=O)OC3CCC(C#N)(CCCCCCC)CC3)c(F)c2)cc1. The third kappa shape index (κ3) is 10.1. The van der Waals surface area contributed by atoms with Crippen LogP contribution >= 0.6 is 0 Å². The predicted octanol–water partition coefficient (Wildman–Crippen LogP) is 10.8. The molecule has 3 rings (SSSR count). The van der Waals surface area contributed by atoms with Crippen molar-refractivity contribution in [3.05, 3.63) is 59.4 Å². The van der Waals surface area contributed by atoms with E-state index in [0.717, 1.165) is 43.2 Å². The quantitative estimate of drug-likeness (QED) is 0.146. The van der Waals surface area contributed by atoms with Crippen molar-refractivity contribution in [1.82, 2.24) is 0 Å². The smallest absolute Gasteiger partial charge is 0.341 e. The molecular formula is C36H50FNO2. The Bertz CT molecular complexity index is 1060. The van der Waals surface area contributed by atoms with Crippen molar-refractivity contribution >= 4 is 5.97 Å². The van der Waals surface area contributed by atoms with E-state index in [0.29, 0.717) is 12.8 Å². The molecule has 0 N–H and O–H groups in total. The average Bonchev–Trinajstić information content (AvgIpc) is 2.98. The standard InChI is InChI=1S/C36H50FNO2/c1-3-5-7-9-10-11-13-15-29-16-18-30(19-17-29)31-20-21-33(34(37)27-31)35(39)40-32-22-25-36(28-38,26-23-32)24-14-12-8-6-4-2/h16-21,27,32H,3-15,22-26H2,1-2H3. The van der Waals surface area contributed by atoms with Gasteiger partial charge < -0.3 is 4.74 Å². The van der Waals surface area contributed by atoms with Crippen molar-refractivity contribution in [2.24, 2.45) is 5.41 Å². The van der Waals surface area contributed by atoms with Crippen LogP contribution in [0.4, 0.5) is 4.39 Å². The fourth-order valence-electron chi connectivity index (χ4n) is 5.97. The first-order chi connectivity index (χ1) is 19.5. The van der Waals surface area contributed by atoms with E-state index in [1.807, 2.05) is 12.1 Å². The molecule has 0 saturated heterocycles. The van der Waals surface area contributed by atoms with E-state index < -0.39 is 11.8 Å². The molecule has 1 saturated carbocycles. The zero-order valence-electron chi connectivity index (χ0n) is 25.0. The van der Waals surface area contributed by atoms with Gasteiger partial charge in [-0.05, 0) is 73.8 Å². The number of benzene rings is 2. The van der Waals surface area contributed by atoms with Gasteiger partial charge in [-0.2, -0.15) is 5.26 Å². The number of nitrogens with zero attached hydrogens (tertiary/aromatic N) is 1. The zero-order chi connectivity index (χ0) is 28.6. The molecule has 0 aliphatic heterocycles. The van der Waals surface area contributed by atoms with Crippen LogP contribution in [0.3, 0.4) is 0 Å². The summed E-state index contributed by atoms with van der Waals surface area (Å²) in [6.07, 6.45) is 19.6. The zero-order valence-corrected chi connectivity index (χ0v) is 25.0. The highest BCUT2D eigenvalue weighted by atomic mass is 19.1. The Balaban J connectivity index is 1.46. The molecule has 218 valence electrons. The number of unbranched alkanes of at least 4 members (excludes halogenated alkanes) is 10. The molecule has 40 heavy (non-hydrogen) atoms. The number of carbonyl (C=O) groups is 1. The van der Waals surface area contributed by atoms with Crippen LogP contribution in [-0.2, 0) is 11.2 Å². The highest BCUT2D eigenvalue weighted by molar-refractivity contribution is 5.90. The van der Waals surface area contributed by atoms with Gasteiger partial charge in [0.1, 0.15) is 11.9 Å². The fraction of sp³-hybridized carbons (Fsp3) is 0.611. The minimum Gasteiger partial charge on any atom is -0.459 e. The molecule has 1 aliphatic rings. The molecule has 3 nitrogen and oxygen atoms in total. The summed E-state index contributed by atoms with van der Waals surface area (Å²) in [5, 5.41) is 9.84. The maximum Gasteiger partial charge on any atom is 0.341 e. The van der Waals surface area contributed by atoms with Crippen LogP contribution in [0.25, 0.3) is 11.1 Å². The van der Waals surface area contributed by atoms with E-state index >= 15 is 0 Å². The number of halogens is 1. The van der Waals surface area contributed by atoms with Gasteiger partial charge in [-0.15, -0.1) is 0 Å². The average molecular weight is 548 g/mol. The molecule has 2 aromatic carbocycles. The van der Waals surface area contributed by atoms with E-state index in [1.165, 1.54) is 88.3 Å². The van der Waals surface area contributed by atoms with Gasteiger partial charge >= 0.3 is 5.97 Å². The number of hydrogen-bond acceptors (Lipinski definition) is 3. The number of hydrogen-bond donors (Lipinski definition) is 0. The Morgan fingerprint density at radius 2 is 1.43 bits per heavy atom. The fourth-order valence-corrected chi connectivity index (χ4v) is 5.97. The van der Waals surface area contributed by atoms with Crippen molar-refractivity contribution < 1.29 is 13.9 Å². The molecule has 0 radical (unpaired) electrons. The highest BCUT2D eigenvalue weighted by Gasteiger charge is 2.36. The molecule has 1 fully saturated rings. The van der Waals surface area contributed by atoms with Crippen LogP contribution < -0.4 is 0 Å². The third-order valence-electron chi connectivity index (χ3n) is 8.70. The van der Waals surface area contributed by atoms with Crippen molar-refractivity contribution in [1.29, 1.82) is 5.26 Å². The Morgan fingerprint density at radius 3 is 2.02 bits per heavy atom. The van der Waals surface area contributed by atoms with Gasteiger partial charge in [-0.1, -0.05) is 115 Å². The topological polar surface area (TPSA) is 50.1 Å². The summed E-state index contributed by atoms with van der Waals surface area (Å²) in [5.41, 5.74) is 2.69. The number of aryl methyl sites for hydroxylation is 1. The minimum atomic E-state index is -0.608. The minimum absolute atomic E-state index is 0.0210. The van der Waals surface area contributed by atoms with E-state index in [2.05, 4.69) is 32.0 Å². The van der Waals surface area contributed by atoms with Gasteiger partial charge in [-0.3, -0.25) is 0 Å². The van der Waals surface area contributed by atoms with Gasteiger partial charge in [0.25, 0.3) is 0 Å². The summed E-state index contributed by atoms with van der Waals surface area (Å²) in [6.45, 7) is 4.45. The largest absolute Gasteiger partial charge is 0.459 e. The second kappa shape index (κ2) is 17.2. The van der Waals surface area contributed by atoms with Crippen molar-refractivity contribution in [3.63, 3.8) is 0 Å². The molecular weight excluding hydrogens is 497 g/mol. The molecule has 2 aromatic rings. The van der Waals surface area contributed by atoms with Gasteiger partial charge in [-0.25, -0.2) is 9.18 Å². The Morgan fingerprint density at radius 1 is 0.850 bits per heavy atom. The highest BCUT2D eigenvalue weighted by Crippen LogP contribution is 2.41. The van der Waals surface area contributed by atoms with Crippen LogP contribution in [0, 0.1) is 22.6 Å². The summed E-state index contributed by atoms with van der Waals surface area (Å²) >= 11 is 0. The Kier molecular flexibility index (Phi) is 13.7. The van der Waals surface area contributed by atoms with Crippen molar-refractivity contribution in [2.45, 2.75) is 136 Å². The summed E-state index contributed by atoms with van der Waals surface area (Å²) in [7, 11) is 0. The molecule has 0 bridgehead atoms. The molecule has 0 atom stereocenters. The molecule has 1 aliphatic carbocycles. The van der Waals surface area contributed by atoms with Gasteiger partial charge in [0, 0.05) is 0 Å². The number of rotatable bonds is 17. The van der Waals surface area contributed by atoms with Gasteiger partial charge in [0.05, 0.1) is 17.0 Å². The molecule has 0 amide bonds. The summed E-state index contributed by atoms with van der Waals surface area (Å²) < 4.78 is 20.7.